The van der Waals surface area contributed by atoms with Gasteiger partial charge in [-0.25, -0.2) is 4.63 Å². The summed E-state index contributed by atoms with van der Waals surface area (Å²) in [6.07, 6.45) is 1.72. The standard InChI is InChI=1S/C10H14N6O2/c1-6-8(15-18-14-6)4-9(17)12-7(2)10-13-11-5-16(10)3/h5,7H,4H2,1-3H3,(H,12,17)/t7-/m0/s1. The number of nitrogens with one attached hydrogen (secondary N) is 1. The summed E-state index contributed by atoms with van der Waals surface area (Å²) in [7, 11) is 1.82. The number of hydrogen-bond acceptors (Lipinski definition) is 6. The minimum atomic E-state index is -0.217. The van der Waals surface area contributed by atoms with Gasteiger partial charge in [0.15, 0.2) is 5.82 Å². The van der Waals surface area contributed by atoms with Gasteiger partial charge in [0.05, 0.1) is 12.5 Å². The molecule has 1 N–H and O–H groups in total. The van der Waals surface area contributed by atoms with Crippen LogP contribution in [0.3, 0.4) is 0 Å². The van der Waals surface area contributed by atoms with E-state index < -0.39 is 0 Å². The number of carbonyl (C=O) groups excluding carboxylic acids is 1. The van der Waals surface area contributed by atoms with Gasteiger partial charge in [0.2, 0.25) is 5.91 Å². The topological polar surface area (TPSA) is 98.7 Å². The van der Waals surface area contributed by atoms with E-state index in [1.54, 1.807) is 17.8 Å². The maximum atomic E-state index is 11.8. The van der Waals surface area contributed by atoms with Gasteiger partial charge in [0, 0.05) is 7.05 Å². The third-order valence-corrected chi connectivity index (χ3v) is 2.59. The minimum absolute atomic E-state index is 0.136. The van der Waals surface area contributed by atoms with Gasteiger partial charge in [-0.3, -0.25) is 4.79 Å². The van der Waals surface area contributed by atoms with Crippen molar-refractivity contribution in [1.29, 1.82) is 0 Å². The molecule has 2 aromatic rings. The molecule has 0 aliphatic heterocycles. The zero-order valence-corrected chi connectivity index (χ0v) is 10.4. The average molecular weight is 250 g/mol. The highest BCUT2D eigenvalue weighted by molar-refractivity contribution is 5.78. The highest BCUT2D eigenvalue weighted by atomic mass is 16.6. The van der Waals surface area contributed by atoms with Crippen LogP contribution in [0.2, 0.25) is 0 Å². The molecule has 0 radical (unpaired) electrons. The molecule has 8 nitrogen and oxygen atoms in total. The monoisotopic (exact) mass is 250 g/mol. The molecule has 0 unspecified atom stereocenters. The Kier molecular flexibility index (Phi) is 3.35. The lowest BCUT2D eigenvalue weighted by Gasteiger charge is -2.12. The summed E-state index contributed by atoms with van der Waals surface area (Å²) in [6, 6.07) is -0.217. The summed E-state index contributed by atoms with van der Waals surface area (Å²) in [6.45, 7) is 3.58. The molecule has 0 saturated heterocycles. The zero-order chi connectivity index (χ0) is 13.1. The second-order valence-corrected chi connectivity index (χ2v) is 4.06. The van der Waals surface area contributed by atoms with Crippen LogP contribution >= 0.6 is 0 Å². The molecule has 1 atom stereocenters. The fourth-order valence-corrected chi connectivity index (χ4v) is 1.60. The highest BCUT2D eigenvalue weighted by Crippen LogP contribution is 2.08. The van der Waals surface area contributed by atoms with E-state index in [0.29, 0.717) is 17.2 Å². The van der Waals surface area contributed by atoms with Gasteiger partial charge in [-0.05, 0) is 13.8 Å². The van der Waals surface area contributed by atoms with Gasteiger partial charge in [-0.1, -0.05) is 10.3 Å². The first kappa shape index (κ1) is 12.2. The predicted octanol–water partition coefficient (Wildman–Crippen LogP) is -0.0736. The number of amides is 1. The van der Waals surface area contributed by atoms with E-state index >= 15 is 0 Å². The van der Waals surface area contributed by atoms with Crippen LogP contribution in [0.15, 0.2) is 11.0 Å². The Labute approximate surface area is 103 Å². The smallest absolute Gasteiger partial charge is 0.226 e. The Balaban J connectivity index is 1.96. The summed E-state index contributed by atoms with van der Waals surface area (Å²) in [5, 5.41) is 17.8. The number of nitrogens with zero attached hydrogens (tertiary/aromatic N) is 5. The lowest BCUT2D eigenvalue weighted by molar-refractivity contribution is -0.121. The second kappa shape index (κ2) is 4.94. The van der Waals surface area contributed by atoms with Crippen LogP contribution in [0, 0.1) is 6.92 Å². The summed E-state index contributed by atoms with van der Waals surface area (Å²) >= 11 is 0. The fourth-order valence-electron chi connectivity index (χ4n) is 1.60. The van der Waals surface area contributed by atoms with Crippen LogP contribution in [0.25, 0.3) is 0 Å². The van der Waals surface area contributed by atoms with Crippen LogP contribution in [0.1, 0.15) is 30.2 Å². The normalized spacial score (nSPS) is 12.4. The number of hydrogen-bond donors (Lipinski definition) is 1. The van der Waals surface area contributed by atoms with Crippen LogP contribution in [-0.2, 0) is 18.3 Å². The molecular formula is C10H14N6O2. The first-order valence-corrected chi connectivity index (χ1v) is 5.49. The Morgan fingerprint density at radius 1 is 1.56 bits per heavy atom. The molecule has 2 rings (SSSR count). The lowest BCUT2D eigenvalue weighted by Crippen LogP contribution is -2.30. The molecule has 0 bridgehead atoms. The fraction of sp³-hybridized carbons (Fsp3) is 0.500. The Morgan fingerprint density at radius 3 is 2.89 bits per heavy atom. The Hall–Kier alpha value is -2.25. The Bertz CT molecular complexity index is 546. The van der Waals surface area contributed by atoms with Crippen molar-refractivity contribution in [3.63, 3.8) is 0 Å². The summed E-state index contributed by atoms with van der Waals surface area (Å²) in [5.74, 6) is 0.530. The third-order valence-electron chi connectivity index (χ3n) is 2.59. The zero-order valence-electron chi connectivity index (χ0n) is 10.4. The van der Waals surface area contributed by atoms with E-state index in [1.807, 2.05) is 14.0 Å². The van der Waals surface area contributed by atoms with Crippen molar-refractivity contribution in [2.45, 2.75) is 26.3 Å². The molecular weight excluding hydrogens is 236 g/mol. The molecule has 0 aliphatic carbocycles. The molecule has 0 spiro atoms. The summed E-state index contributed by atoms with van der Waals surface area (Å²) in [4.78, 5) is 11.8. The van der Waals surface area contributed by atoms with Crippen molar-refractivity contribution in [2.75, 3.05) is 0 Å². The summed E-state index contributed by atoms with van der Waals surface area (Å²) in [5.41, 5.74) is 1.16. The lowest BCUT2D eigenvalue weighted by atomic mass is 10.2. The maximum absolute atomic E-state index is 11.8. The van der Waals surface area contributed by atoms with Crippen molar-refractivity contribution in [2.24, 2.45) is 7.05 Å². The molecule has 96 valence electrons. The largest absolute Gasteiger partial charge is 0.346 e. The van der Waals surface area contributed by atoms with Crippen molar-refractivity contribution in [1.82, 2.24) is 30.4 Å². The van der Waals surface area contributed by atoms with Crippen molar-refractivity contribution < 1.29 is 9.42 Å². The van der Waals surface area contributed by atoms with E-state index in [-0.39, 0.29) is 18.4 Å². The molecule has 1 amide bonds. The minimum Gasteiger partial charge on any atom is -0.346 e. The van der Waals surface area contributed by atoms with Gasteiger partial charge in [0.1, 0.15) is 17.7 Å². The van der Waals surface area contributed by atoms with E-state index in [1.165, 1.54) is 0 Å². The van der Waals surface area contributed by atoms with Crippen molar-refractivity contribution >= 4 is 5.91 Å². The molecule has 0 aliphatic rings. The highest BCUT2D eigenvalue weighted by Gasteiger charge is 2.16. The van der Waals surface area contributed by atoms with Crippen LogP contribution in [0.5, 0.6) is 0 Å². The van der Waals surface area contributed by atoms with Crippen LogP contribution in [-0.4, -0.2) is 31.0 Å². The SMILES string of the molecule is Cc1nonc1CC(=O)N[C@@H](C)c1nncn1C. The predicted molar refractivity (Wildman–Crippen MR) is 60.3 cm³/mol. The third kappa shape index (κ3) is 2.53. The molecule has 8 heteroatoms. The Morgan fingerprint density at radius 2 is 2.33 bits per heavy atom. The maximum Gasteiger partial charge on any atom is 0.226 e. The quantitative estimate of drug-likeness (QED) is 0.815. The van der Waals surface area contributed by atoms with Gasteiger partial charge in [-0.15, -0.1) is 10.2 Å². The molecule has 0 fully saturated rings. The van der Waals surface area contributed by atoms with Gasteiger partial charge >= 0.3 is 0 Å². The van der Waals surface area contributed by atoms with Gasteiger partial charge < -0.3 is 9.88 Å². The second-order valence-electron chi connectivity index (χ2n) is 4.06. The number of aromatic nitrogens is 5. The van der Waals surface area contributed by atoms with E-state index in [2.05, 4.69) is 30.5 Å². The van der Waals surface area contributed by atoms with Gasteiger partial charge in [0.25, 0.3) is 0 Å². The van der Waals surface area contributed by atoms with E-state index in [0.717, 1.165) is 0 Å². The van der Waals surface area contributed by atoms with Gasteiger partial charge in [-0.2, -0.15) is 0 Å². The average Bonchev–Trinajstić information content (AvgIpc) is 2.88. The number of rotatable bonds is 4. The van der Waals surface area contributed by atoms with Crippen LogP contribution in [0.4, 0.5) is 0 Å². The molecule has 2 aromatic heterocycles. The van der Waals surface area contributed by atoms with Crippen molar-refractivity contribution in [3.05, 3.63) is 23.5 Å². The first-order valence-electron chi connectivity index (χ1n) is 5.49. The van der Waals surface area contributed by atoms with E-state index in [9.17, 15) is 4.79 Å². The van der Waals surface area contributed by atoms with Crippen LogP contribution < -0.4 is 5.32 Å². The molecule has 0 aromatic carbocycles. The molecule has 0 saturated carbocycles. The number of aryl methyl sites for hydroxylation is 2. The van der Waals surface area contributed by atoms with E-state index in [4.69, 9.17) is 0 Å². The molecule has 2 heterocycles. The molecule has 18 heavy (non-hydrogen) atoms. The number of carbonyl (C=O) groups is 1. The first-order chi connectivity index (χ1) is 8.58. The summed E-state index contributed by atoms with van der Waals surface area (Å²) < 4.78 is 6.29. The van der Waals surface area contributed by atoms with Crippen molar-refractivity contribution in [3.8, 4) is 0 Å².